The standard InChI is InChI=1S/C9H16N4O2S/c1-2-13-16(14,15)6-5-11-8-9-7-10-3-4-12-9/h3-4,7,11,13H,2,5-6,8H2,1H3. The molecule has 0 atom stereocenters. The lowest BCUT2D eigenvalue weighted by Gasteiger charge is -2.05. The Labute approximate surface area is 95.6 Å². The van der Waals surface area contributed by atoms with Crippen LogP contribution in [0.1, 0.15) is 12.6 Å². The molecule has 1 aromatic rings. The molecule has 0 fully saturated rings. The predicted molar refractivity (Wildman–Crippen MR) is 61.2 cm³/mol. The zero-order chi connectivity index (χ0) is 11.9. The number of nitrogens with zero attached hydrogens (tertiary/aromatic N) is 2. The SMILES string of the molecule is CCNS(=O)(=O)CCNCc1cnccn1. The molecule has 0 aromatic carbocycles. The minimum Gasteiger partial charge on any atom is -0.310 e. The lowest BCUT2D eigenvalue weighted by atomic mass is 10.4. The van der Waals surface area contributed by atoms with Crippen molar-refractivity contribution in [1.29, 1.82) is 0 Å². The van der Waals surface area contributed by atoms with E-state index in [-0.39, 0.29) is 5.75 Å². The highest BCUT2D eigenvalue weighted by Crippen LogP contribution is 1.88. The lowest BCUT2D eigenvalue weighted by molar-refractivity contribution is 0.578. The molecule has 0 unspecified atom stereocenters. The highest BCUT2D eigenvalue weighted by molar-refractivity contribution is 7.89. The van der Waals surface area contributed by atoms with Gasteiger partial charge in [0.1, 0.15) is 0 Å². The normalized spacial score (nSPS) is 11.6. The number of aromatic nitrogens is 2. The Kier molecular flexibility index (Phi) is 5.30. The Bertz CT molecular complexity index is 393. The molecule has 1 heterocycles. The van der Waals surface area contributed by atoms with Crippen LogP contribution in [0.15, 0.2) is 18.6 Å². The van der Waals surface area contributed by atoms with Crippen LogP contribution in [0.3, 0.4) is 0 Å². The molecule has 0 bridgehead atoms. The van der Waals surface area contributed by atoms with Gasteiger partial charge in [0, 0.05) is 38.2 Å². The summed E-state index contributed by atoms with van der Waals surface area (Å²) < 4.78 is 25.0. The third-order valence-corrected chi connectivity index (χ3v) is 3.30. The van der Waals surface area contributed by atoms with Gasteiger partial charge in [0.05, 0.1) is 11.4 Å². The fourth-order valence-corrected chi connectivity index (χ4v) is 2.13. The van der Waals surface area contributed by atoms with Crippen LogP contribution in [-0.2, 0) is 16.6 Å². The number of sulfonamides is 1. The Morgan fingerprint density at radius 1 is 1.38 bits per heavy atom. The minimum atomic E-state index is -3.13. The van der Waals surface area contributed by atoms with Crippen molar-refractivity contribution in [1.82, 2.24) is 20.0 Å². The van der Waals surface area contributed by atoms with Gasteiger partial charge in [-0.25, -0.2) is 13.1 Å². The first-order valence-corrected chi connectivity index (χ1v) is 6.72. The molecule has 0 radical (unpaired) electrons. The predicted octanol–water partition coefficient (Wildman–Crippen LogP) is -0.494. The Morgan fingerprint density at radius 3 is 2.81 bits per heavy atom. The summed E-state index contributed by atoms with van der Waals surface area (Å²) in [7, 11) is -3.13. The van der Waals surface area contributed by atoms with E-state index in [9.17, 15) is 8.42 Å². The van der Waals surface area contributed by atoms with Crippen molar-refractivity contribution in [2.24, 2.45) is 0 Å². The first-order chi connectivity index (χ1) is 7.64. The molecule has 2 N–H and O–H groups in total. The van der Waals surface area contributed by atoms with E-state index < -0.39 is 10.0 Å². The zero-order valence-electron chi connectivity index (χ0n) is 9.18. The molecule has 16 heavy (non-hydrogen) atoms. The average Bonchev–Trinajstić information content (AvgIpc) is 2.26. The summed E-state index contributed by atoms with van der Waals surface area (Å²) in [6.45, 7) is 3.10. The number of nitrogens with one attached hydrogen (secondary N) is 2. The molecule has 7 heteroatoms. The molecule has 0 aliphatic heterocycles. The maximum atomic E-state index is 11.3. The number of hydrogen-bond acceptors (Lipinski definition) is 5. The minimum absolute atomic E-state index is 0.0705. The second kappa shape index (κ2) is 6.51. The Balaban J connectivity index is 2.22. The summed E-state index contributed by atoms with van der Waals surface area (Å²) >= 11 is 0. The largest absolute Gasteiger partial charge is 0.310 e. The van der Waals surface area contributed by atoms with Crippen LogP contribution in [0, 0.1) is 0 Å². The molecule has 0 amide bonds. The maximum absolute atomic E-state index is 11.3. The molecule has 1 aromatic heterocycles. The third kappa shape index (κ3) is 5.15. The molecule has 6 nitrogen and oxygen atoms in total. The van der Waals surface area contributed by atoms with E-state index in [1.165, 1.54) is 0 Å². The van der Waals surface area contributed by atoms with Crippen molar-refractivity contribution in [2.45, 2.75) is 13.5 Å². The monoisotopic (exact) mass is 244 g/mol. The Hall–Kier alpha value is -1.05. The molecule has 0 saturated heterocycles. The topological polar surface area (TPSA) is 84.0 Å². The van der Waals surface area contributed by atoms with Gasteiger partial charge in [-0.15, -0.1) is 0 Å². The fraction of sp³-hybridized carbons (Fsp3) is 0.556. The summed E-state index contributed by atoms with van der Waals surface area (Å²) in [5, 5.41) is 2.99. The first kappa shape index (κ1) is 13.0. The number of hydrogen-bond donors (Lipinski definition) is 2. The highest BCUT2D eigenvalue weighted by atomic mass is 32.2. The van der Waals surface area contributed by atoms with Gasteiger partial charge in [0.15, 0.2) is 0 Å². The molecule has 0 saturated carbocycles. The van der Waals surface area contributed by atoms with Crippen molar-refractivity contribution < 1.29 is 8.42 Å². The lowest BCUT2D eigenvalue weighted by Crippen LogP contribution is -2.31. The molecular weight excluding hydrogens is 228 g/mol. The van der Waals surface area contributed by atoms with Gasteiger partial charge in [0.25, 0.3) is 0 Å². The van der Waals surface area contributed by atoms with Crippen LogP contribution in [0.25, 0.3) is 0 Å². The molecule has 0 aliphatic rings. The van der Waals surface area contributed by atoms with Gasteiger partial charge in [0.2, 0.25) is 10.0 Å². The molecule has 90 valence electrons. The van der Waals surface area contributed by atoms with Gasteiger partial charge in [-0.3, -0.25) is 9.97 Å². The molecule has 1 rings (SSSR count). The van der Waals surface area contributed by atoms with Gasteiger partial charge in [-0.05, 0) is 0 Å². The fourth-order valence-electron chi connectivity index (χ4n) is 1.14. The zero-order valence-corrected chi connectivity index (χ0v) is 10.00. The van der Waals surface area contributed by atoms with Crippen LogP contribution in [0.4, 0.5) is 0 Å². The van der Waals surface area contributed by atoms with Crippen LogP contribution in [-0.4, -0.2) is 37.2 Å². The van der Waals surface area contributed by atoms with Crippen LogP contribution in [0.5, 0.6) is 0 Å². The first-order valence-electron chi connectivity index (χ1n) is 5.07. The van der Waals surface area contributed by atoms with E-state index >= 15 is 0 Å². The maximum Gasteiger partial charge on any atom is 0.212 e. The number of rotatable bonds is 7. The van der Waals surface area contributed by atoms with Gasteiger partial charge < -0.3 is 5.32 Å². The van der Waals surface area contributed by atoms with Crippen molar-refractivity contribution in [3.63, 3.8) is 0 Å². The molecular formula is C9H16N4O2S. The van der Waals surface area contributed by atoms with Crippen LogP contribution < -0.4 is 10.0 Å². The average molecular weight is 244 g/mol. The van der Waals surface area contributed by atoms with Gasteiger partial charge in [-0.2, -0.15) is 0 Å². The highest BCUT2D eigenvalue weighted by Gasteiger charge is 2.06. The van der Waals surface area contributed by atoms with E-state index in [0.29, 0.717) is 19.6 Å². The van der Waals surface area contributed by atoms with Crippen LogP contribution in [0.2, 0.25) is 0 Å². The van der Waals surface area contributed by atoms with Gasteiger partial charge in [-0.1, -0.05) is 6.92 Å². The summed E-state index contributed by atoms with van der Waals surface area (Å²) in [6.07, 6.45) is 4.84. The smallest absolute Gasteiger partial charge is 0.212 e. The Morgan fingerprint density at radius 2 is 2.19 bits per heavy atom. The van der Waals surface area contributed by atoms with Gasteiger partial charge >= 0.3 is 0 Å². The summed E-state index contributed by atoms with van der Waals surface area (Å²) in [4.78, 5) is 7.97. The van der Waals surface area contributed by atoms with E-state index in [4.69, 9.17) is 0 Å². The second-order valence-corrected chi connectivity index (χ2v) is 5.12. The van der Waals surface area contributed by atoms with Crippen molar-refractivity contribution >= 4 is 10.0 Å². The van der Waals surface area contributed by atoms with E-state index in [2.05, 4.69) is 20.0 Å². The van der Waals surface area contributed by atoms with Crippen molar-refractivity contribution in [3.8, 4) is 0 Å². The third-order valence-electron chi connectivity index (χ3n) is 1.83. The summed E-state index contributed by atoms with van der Waals surface area (Å²) in [5.41, 5.74) is 0.795. The summed E-state index contributed by atoms with van der Waals surface area (Å²) in [5.74, 6) is 0.0705. The van der Waals surface area contributed by atoms with E-state index in [0.717, 1.165) is 5.69 Å². The molecule has 0 aliphatic carbocycles. The summed E-state index contributed by atoms with van der Waals surface area (Å²) in [6, 6.07) is 0. The van der Waals surface area contributed by atoms with E-state index in [1.807, 2.05) is 0 Å². The quantitative estimate of drug-likeness (QED) is 0.632. The van der Waals surface area contributed by atoms with E-state index in [1.54, 1.807) is 25.5 Å². The molecule has 0 spiro atoms. The van der Waals surface area contributed by atoms with Crippen molar-refractivity contribution in [2.75, 3.05) is 18.8 Å². The second-order valence-electron chi connectivity index (χ2n) is 3.19. The van der Waals surface area contributed by atoms with Crippen LogP contribution >= 0.6 is 0 Å². The van der Waals surface area contributed by atoms with Crippen molar-refractivity contribution in [3.05, 3.63) is 24.3 Å².